The number of nitriles is 1. The number of aromatic amines is 1. The average molecular weight is 376 g/mol. The van der Waals surface area contributed by atoms with E-state index in [-0.39, 0.29) is 12.1 Å². The van der Waals surface area contributed by atoms with E-state index in [9.17, 15) is 14.4 Å². The van der Waals surface area contributed by atoms with Gasteiger partial charge >= 0.3 is 5.97 Å². The van der Waals surface area contributed by atoms with Gasteiger partial charge in [0.15, 0.2) is 0 Å². The van der Waals surface area contributed by atoms with Gasteiger partial charge in [0.1, 0.15) is 5.69 Å². The second-order valence-corrected chi connectivity index (χ2v) is 6.04. The molecule has 140 valence electrons. The Morgan fingerprint density at radius 2 is 1.82 bits per heavy atom. The Kier molecular flexibility index (Phi) is 5.37. The van der Waals surface area contributed by atoms with Gasteiger partial charge in [-0.05, 0) is 29.8 Å². The van der Waals surface area contributed by atoms with Crippen LogP contribution in [0.2, 0.25) is 0 Å². The Hall–Kier alpha value is -4.12. The van der Waals surface area contributed by atoms with Gasteiger partial charge in [0.2, 0.25) is 0 Å². The van der Waals surface area contributed by atoms with Gasteiger partial charge in [0.05, 0.1) is 29.8 Å². The third-order valence-electron chi connectivity index (χ3n) is 4.11. The summed E-state index contributed by atoms with van der Waals surface area (Å²) in [6.07, 6.45) is -0.346. The Morgan fingerprint density at radius 3 is 2.43 bits per heavy atom. The number of carbonyl (C=O) groups excluding carboxylic acids is 1. The molecule has 8 heteroatoms. The van der Waals surface area contributed by atoms with Crippen LogP contribution in [0.5, 0.6) is 0 Å². The fourth-order valence-corrected chi connectivity index (χ4v) is 2.73. The van der Waals surface area contributed by atoms with E-state index in [1.54, 1.807) is 54.6 Å². The monoisotopic (exact) mass is 376 g/mol. The first-order chi connectivity index (χ1) is 13.5. The first kappa shape index (κ1) is 18.7. The van der Waals surface area contributed by atoms with Crippen molar-refractivity contribution in [3.8, 4) is 11.8 Å². The standard InChI is InChI=1S/C20H16N4O4/c21-12-13-6-8-14(9-7-13)16(11-19(26)27)22-20(28)17-10-18(25)24(23-17)15-4-2-1-3-5-15/h1-10,16,23H,11H2,(H,22,28)(H,26,27)/t16-/m0/s1. The number of benzene rings is 2. The second kappa shape index (κ2) is 8.05. The number of hydrogen-bond acceptors (Lipinski definition) is 4. The van der Waals surface area contributed by atoms with Gasteiger partial charge in [0.25, 0.3) is 11.5 Å². The van der Waals surface area contributed by atoms with Crippen molar-refractivity contribution in [2.75, 3.05) is 0 Å². The van der Waals surface area contributed by atoms with E-state index in [1.165, 1.54) is 4.68 Å². The molecule has 1 amide bonds. The van der Waals surface area contributed by atoms with Crippen LogP contribution in [0, 0.1) is 11.3 Å². The van der Waals surface area contributed by atoms with Gasteiger partial charge in [-0.1, -0.05) is 30.3 Å². The van der Waals surface area contributed by atoms with E-state index in [2.05, 4.69) is 10.4 Å². The summed E-state index contributed by atoms with van der Waals surface area (Å²) in [5, 5.41) is 23.4. The number of amides is 1. The highest BCUT2D eigenvalue weighted by Crippen LogP contribution is 2.18. The van der Waals surface area contributed by atoms with E-state index in [0.717, 1.165) is 6.07 Å². The molecule has 28 heavy (non-hydrogen) atoms. The number of aromatic nitrogens is 2. The van der Waals surface area contributed by atoms with Crippen molar-refractivity contribution in [2.24, 2.45) is 0 Å². The van der Waals surface area contributed by atoms with Crippen LogP contribution in [-0.4, -0.2) is 26.8 Å². The Labute approximate surface area is 159 Å². The number of rotatable bonds is 6. The molecule has 0 bridgehead atoms. The number of carboxylic acids is 1. The molecule has 1 aromatic heterocycles. The van der Waals surface area contributed by atoms with Gasteiger partial charge in [-0.2, -0.15) is 5.26 Å². The number of carboxylic acid groups (broad SMARTS) is 1. The molecular weight excluding hydrogens is 360 g/mol. The van der Waals surface area contributed by atoms with Crippen molar-refractivity contribution in [1.29, 1.82) is 5.26 Å². The van der Waals surface area contributed by atoms with Crippen LogP contribution < -0.4 is 10.9 Å². The number of nitrogens with one attached hydrogen (secondary N) is 2. The number of aliphatic carboxylic acids is 1. The highest BCUT2D eigenvalue weighted by atomic mass is 16.4. The van der Waals surface area contributed by atoms with Crippen LogP contribution in [0.1, 0.15) is 34.1 Å². The topological polar surface area (TPSA) is 128 Å². The molecule has 0 aliphatic rings. The fraction of sp³-hybridized carbons (Fsp3) is 0.100. The first-order valence-corrected chi connectivity index (χ1v) is 8.38. The van der Waals surface area contributed by atoms with E-state index >= 15 is 0 Å². The molecule has 0 aliphatic carbocycles. The zero-order valence-corrected chi connectivity index (χ0v) is 14.6. The minimum absolute atomic E-state index is 0.0119. The summed E-state index contributed by atoms with van der Waals surface area (Å²) >= 11 is 0. The lowest BCUT2D eigenvalue weighted by Crippen LogP contribution is -2.30. The Morgan fingerprint density at radius 1 is 1.14 bits per heavy atom. The predicted molar refractivity (Wildman–Crippen MR) is 100 cm³/mol. The van der Waals surface area contributed by atoms with E-state index in [4.69, 9.17) is 10.4 Å². The molecule has 3 N–H and O–H groups in total. The van der Waals surface area contributed by atoms with Crippen molar-refractivity contribution in [2.45, 2.75) is 12.5 Å². The lowest BCUT2D eigenvalue weighted by Gasteiger charge is -2.17. The molecule has 0 radical (unpaired) electrons. The van der Waals surface area contributed by atoms with Gasteiger partial charge in [-0.3, -0.25) is 19.5 Å². The maximum Gasteiger partial charge on any atom is 0.305 e. The van der Waals surface area contributed by atoms with Crippen LogP contribution in [0.3, 0.4) is 0 Å². The summed E-state index contributed by atoms with van der Waals surface area (Å²) in [6, 6.07) is 17.3. The van der Waals surface area contributed by atoms with Crippen molar-refractivity contribution < 1.29 is 14.7 Å². The number of nitrogens with zero attached hydrogens (tertiary/aromatic N) is 2. The van der Waals surface area contributed by atoms with Crippen molar-refractivity contribution >= 4 is 11.9 Å². The molecule has 1 atom stereocenters. The molecule has 0 aliphatic heterocycles. The molecule has 0 spiro atoms. The van der Waals surface area contributed by atoms with E-state index in [0.29, 0.717) is 16.8 Å². The van der Waals surface area contributed by atoms with Gasteiger partial charge < -0.3 is 10.4 Å². The van der Waals surface area contributed by atoms with Crippen molar-refractivity contribution in [3.63, 3.8) is 0 Å². The average Bonchev–Trinajstić information content (AvgIpc) is 3.10. The first-order valence-electron chi connectivity index (χ1n) is 8.38. The minimum Gasteiger partial charge on any atom is -0.481 e. The van der Waals surface area contributed by atoms with E-state index < -0.39 is 23.5 Å². The third kappa shape index (κ3) is 4.16. The molecule has 3 aromatic rings. The fourth-order valence-electron chi connectivity index (χ4n) is 2.73. The quantitative estimate of drug-likeness (QED) is 0.606. The normalized spacial score (nSPS) is 11.4. The van der Waals surface area contributed by atoms with Crippen molar-refractivity contribution in [3.05, 3.63) is 87.8 Å². The number of carbonyl (C=O) groups is 2. The van der Waals surface area contributed by atoms with Crippen LogP contribution in [0.25, 0.3) is 5.69 Å². The summed E-state index contributed by atoms with van der Waals surface area (Å²) in [5.74, 6) is -1.70. The van der Waals surface area contributed by atoms with Gasteiger partial charge in [-0.25, -0.2) is 4.68 Å². The molecule has 1 heterocycles. The Balaban J connectivity index is 1.85. The van der Waals surface area contributed by atoms with E-state index in [1.807, 2.05) is 6.07 Å². The zero-order valence-electron chi connectivity index (χ0n) is 14.6. The summed E-state index contributed by atoms with van der Waals surface area (Å²) < 4.78 is 1.23. The third-order valence-corrected chi connectivity index (χ3v) is 4.11. The maximum atomic E-state index is 12.6. The lowest BCUT2D eigenvalue weighted by atomic mass is 10.0. The highest BCUT2D eigenvalue weighted by molar-refractivity contribution is 5.92. The SMILES string of the molecule is N#Cc1ccc([C@H](CC(=O)O)NC(=O)c2cc(=O)n(-c3ccccc3)[nH]2)cc1. The second-order valence-electron chi connectivity index (χ2n) is 6.04. The zero-order chi connectivity index (χ0) is 20.1. The lowest BCUT2D eigenvalue weighted by molar-refractivity contribution is -0.137. The van der Waals surface area contributed by atoms with Crippen LogP contribution in [0.15, 0.2) is 65.5 Å². The largest absolute Gasteiger partial charge is 0.481 e. The molecule has 0 saturated heterocycles. The summed E-state index contributed by atoms with van der Waals surface area (Å²) in [7, 11) is 0. The smallest absolute Gasteiger partial charge is 0.305 e. The molecule has 0 unspecified atom stereocenters. The highest BCUT2D eigenvalue weighted by Gasteiger charge is 2.21. The van der Waals surface area contributed by atoms with Crippen molar-refractivity contribution in [1.82, 2.24) is 15.1 Å². The molecule has 0 fully saturated rings. The van der Waals surface area contributed by atoms with Crippen LogP contribution >= 0.6 is 0 Å². The number of H-pyrrole nitrogens is 1. The molecule has 3 rings (SSSR count). The maximum absolute atomic E-state index is 12.6. The number of para-hydroxylation sites is 1. The molecule has 2 aromatic carbocycles. The molecular formula is C20H16N4O4. The van der Waals surface area contributed by atoms with Crippen LogP contribution in [0.4, 0.5) is 0 Å². The van der Waals surface area contributed by atoms with Gasteiger partial charge in [0, 0.05) is 6.07 Å². The molecule has 0 saturated carbocycles. The number of hydrogen-bond donors (Lipinski definition) is 3. The predicted octanol–water partition coefficient (Wildman–Crippen LogP) is 1.98. The molecule has 8 nitrogen and oxygen atoms in total. The summed E-state index contributed by atoms with van der Waals surface area (Å²) in [5.41, 5.74) is 1.14. The summed E-state index contributed by atoms with van der Waals surface area (Å²) in [4.78, 5) is 36.0. The van der Waals surface area contributed by atoms with Crippen LogP contribution in [-0.2, 0) is 4.79 Å². The minimum atomic E-state index is -1.09. The van der Waals surface area contributed by atoms with Gasteiger partial charge in [-0.15, -0.1) is 0 Å². The summed E-state index contributed by atoms with van der Waals surface area (Å²) in [6.45, 7) is 0. The Bertz CT molecular complexity index is 1090.